The fraction of sp³-hybridized carbons (Fsp3) is 0.316. The van der Waals surface area contributed by atoms with E-state index in [4.69, 9.17) is 0 Å². The Bertz CT molecular complexity index is 760. The molecular weight excluding hydrogens is 334 g/mol. The monoisotopic (exact) mass is 359 g/mol. The van der Waals surface area contributed by atoms with Crippen molar-refractivity contribution in [1.29, 1.82) is 0 Å². The Morgan fingerprint density at radius 1 is 0.960 bits per heavy atom. The van der Waals surface area contributed by atoms with Crippen LogP contribution in [0.4, 0.5) is 0 Å². The van der Waals surface area contributed by atoms with Crippen molar-refractivity contribution in [3.05, 3.63) is 66.2 Å². The first-order valence-electron chi connectivity index (χ1n) is 8.46. The van der Waals surface area contributed by atoms with Crippen molar-refractivity contribution in [2.75, 3.05) is 25.4 Å². The summed E-state index contributed by atoms with van der Waals surface area (Å²) in [5.74, 6) is 0.633. The van der Waals surface area contributed by atoms with Crippen LogP contribution in [0.25, 0.3) is 0 Å². The van der Waals surface area contributed by atoms with Gasteiger partial charge in [0.1, 0.15) is 0 Å². The topological polar surface area (TPSA) is 70.6 Å². The van der Waals surface area contributed by atoms with E-state index in [-0.39, 0.29) is 12.3 Å². The van der Waals surface area contributed by atoms with E-state index in [9.17, 15) is 8.42 Å². The van der Waals surface area contributed by atoms with Crippen molar-refractivity contribution in [1.82, 2.24) is 10.6 Å². The quantitative estimate of drug-likeness (QED) is 0.560. The average Bonchev–Trinajstić information content (AvgIpc) is 2.63. The number of benzene rings is 2. The minimum absolute atomic E-state index is 0.00767. The third-order valence-corrected chi connectivity index (χ3v) is 5.34. The van der Waals surface area contributed by atoms with Gasteiger partial charge >= 0.3 is 0 Å². The van der Waals surface area contributed by atoms with Crippen LogP contribution in [-0.4, -0.2) is 39.8 Å². The van der Waals surface area contributed by atoms with Crippen LogP contribution < -0.4 is 10.6 Å². The van der Waals surface area contributed by atoms with Gasteiger partial charge < -0.3 is 10.6 Å². The Labute approximate surface area is 150 Å². The van der Waals surface area contributed by atoms with Gasteiger partial charge in [-0.25, -0.2) is 8.42 Å². The van der Waals surface area contributed by atoms with Crippen molar-refractivity contribution in [2.24, 2.45) is 4.99 Å². The Balaban J connectivity index is 1.86. The van der Waals surface area contributed by atoms with Crippen molar-refractivity contribution in [3.8, 4) is 0 Å². The molecule has 0 aromatic heterocycles. The zero-order valence-electron chi connectivity index (χ0n) is 14.5. The van der Waals surface area contributed by atoms with Crippen LogP contribution in [0.15, 0.2) is 70.6 Å². The van der Waals surface area contributed by atoms with Gasteiger partial charge in [0.15, 0.2) is 15.8 Å². The molecule has 6 heteroatoms. The van der Waals surface area contributed by atoms with Gasteiger partial charge in [0.05, 0.1) is 17.2 Å². The molecule has 0 bridgehead atoms. The molecule has 0 fully saturated rings. The van der Waals surface area contributed by atoms with Gasteiger partial charge in [-0.05, 0) is 31.0 Å². The van der Waals surface area contributed by atoms with Crippen LogP contribution in [0.1, 0.15) is 12.5 Å². The first kappa shape index (κ1) is 19.0. The van der Waals surface area contributed by atoms with E-state index < -0.39 is 9.84 Å². The maximum absolute atomic E-state index is 12.3. The SMILES string of the molecule is CCNC(=NCCS(=O)(=O)c1ccccc1)NCCc1ccccc1. The van der Waals surface area contributed by atoms with E-state index in [1.165, 1.54) is 5.56 Å². The molecule has 0 aliphatic heterocycles. The molecule has 0 radical (unpaired) electrons. The molecular formula is C19H25N3O2S. The van der Waals surface area contributed by atoms with E-state index in [0.717, 1.165) is 19.5 Å². The number of hydrogen-bond acceptors (Lipinski definition) is 3. The van der Waals surface area contributed by atoms with Crippen LogP contribution in [0.3, 0.4) is 0 Å². The molecule has 25 heavy (non-hydrogen) atoms. The number of nitrogens with zero attached hydrogens (tertiary/aromatic N) is 1. The Hall–Kier alpha value is -2.34. The molecule has 5 nitrogen and oxygen atoms in total. The molecule has 134 valence electrons. The van der Waals surface area contributed by atoms with E-state index in [0.29, 0.717) is 10.9 Å². The molecule has 0 aliphatic rings. The van der Waals surface area contributed by atoms with Crippen molar-refractivity contribution < 1.29 is 8.42 Å². The highest BCUT2D eigenvalue weighted by molar-refractivity contribution is 7.91. The molecule has 0 aliphatic carbocycles. The molecule has 0 atom stereocenters. The van der Waals surface area contributed by atoms with Crippen molar-refractivity contribution >= 4 is 15.8 Å². The summed E-state index contributed by atoms with van der Waals surface area (Å²) in [7, 11) is -3.30. The lowest BCUT2D eigenvalue weighted by Gasteiger charge is -2.11. The smallest absolute Gasteiger partial charge is 0.191 e. The summed E-state index contributed by atoms with van der Waals surface area (Å²) in [6, 6.07) is 18.7. The molecule has 2 aromatic rings. The van der Waals surface area contributed by atoms with E-state index in [1.54, 1.807) is 30.3 Å². The predicted molar refractivity (Wildman–Crippen MR) is 103 cm³/mol. The maximum atomic E-state index is 12.3. The highest BCUT2D eigenvalue weighted by atomic mass is 32.2. The number of nitrogens with one attached hydrogen (secondary N) is 2. The summed E-state index contributed by atoms with van der Waals surface area (Å²) in [6.07, 6.45) is 0.883. The van der Waals surface area contributed by atoms with E-state index in [2.05, 4.69) is 27.8 Å². The second-order valence-corrected chi connectivity index (χ2v) is 7.66. The van der Waals surface area contributed by atoms with Crippen LogP contribution in [-0.2, 0) is 16.3 Å². The molecule has 0 saturated carbocycles. The van der Waals surface area contributed by atoms with Crippen molar-refractivity contribution in [3.63, 3.8) is 0 Å². The maximum Gasteiger partial charge on any atom is 0.191 e. The number of sulfone groups is 1. The largest absolute Gasteiger partial charge is 0.357 e. The molecule has 0 saturated heterocycles. The third kappa shape index (κ3) is 6.58. The first-order chi connectivity index (χ1) is 12.1. The first-order valence-corrected chi connectivity index (χ1v) is 10.1. The van der Waals surface area contributed by atoms with Gasteiger partial charge in [0, 0.05) is 13.1 Å². The lowest BCUT2D eigenvalue weighted by Crippen LogP contribution is -2.38. The Kier molecular flexibility index (Phi) is 7.47. The van der Waals surface area contributed by atoms with Crippen LogP contribution in [0.2, 0.25) is 0 Å². The summed E-state index contributed by atoms with van der Waals surface area (Å²) in [5, 5.41) is 6.38. The third-order valence-electron chi connectivity index (χ3n) is 3.63. The fourth-order valence-electron chi connectivity index (χ4n) is 2.33. The summed E-state index contributed by atoms with van der Waals surface area (Å²) < 4.78 is 24.5. The summed E-state index contributed by atoms with van der Waals surface area (Å²) >= 11 is 0. The van der Waals surface area contributed by atoms with Gasteiger partial charge in [0.25, 0.3) is 0 Å². The normalized spacial score (nSPS) is 12.0. The molecule has 2 rings (SSSR count). The molecule has 0 spiro atoms. The molecule has 0 amide bonds. The van der Waals surface area contributed by atoms with E-state index in [1.807, 2.05) is 25.1 Å². The second kappa shape index (κ2) is 9.84. The number of aliphatic imine (C=N–C) groups is 1. The predicted octanol–water partition coefficient (Wildman–Crippen LogP) is 2.26. The Morgan fingerprint density at radius 3 is 2.24 bits per heavy atom. The van der Waals surface area contributed by atoms with Gasteiger partial charge in [-0.1, -0.05) is 48.5 Å². The van der Waals surface area contributed by atoms with Gasteiger partial charge in [0.2, 0.25) is 0 Å². The zero-order chi connectivity index (χ0) is 18.0. The molecule has 2 aromatic carbocycles. The summed E-state index contributed by atoms with van der Waals surface area (Å²) in [5.41, 5.74) is 1.25. The summed E-state index contributed by atoms with van der Waals surface area (Å²) in [6.45, 7) is 3.66. The minimum Gasteiger partial charge on any atom is -0.357 e. The highest BCUT2D eigenvalue weighted by Gasteiger charge is 2.13. The Morgan fingerprint density at radius 2 is 1.60 bits per heavy atom. The number of hydrogen-bond donors (Lipinski definition) is 2. The average molecular weight is 359 g/mol. The summed E-state index contributed by atoms with van der Waals surface area (Å²) in [4.78, 5) is 4.71. The minimum atomic E-state index is -3.30. The molecule has 0 heterocycles. The second-order valence-electron chi connectivity index (χ2n) is 5.55. The van der Waals surface area contributed by atoms with E-state index >= 15 is 0 Å². The lowest BCUT2D eigenvalue weighted by atomic mass is 10.1. The van der Waals surface area contributed by atoms with Crippen LogP contribution >= 0.6 is 0 Å². The standard InChI is InChI=1S/C19H25N3O2S/c1-2-20-19(21-14-13-17-9-5-3-6-10-17)22-15-16-25(23,24)18-11-7-4-8-12-18/h3-12H,2,13-16H2,1H3,(H2,20,21,22). The number of rotatable bonds is 8. The molecule has 0 unspecified atom stereocenters. The van der Waals surface area contributed by atoms with Gasteiger partial charge in [-0.15, -0.1) is 0 Å². The highest BCUT2D eigenvalue weighted by Crippen LogP contribution is 2.09. The number of guanidine groups is 1. The molecule has 2 N–H and O–H groups in total. The lowest BCUT2D eigenvalue weighted by molar-refractivity contribution is 0.596. The van der Waals surface area contributed by atoms with Gasteiger partial charge in [-0.2, -0.15) is 0 Å². The van der Waals surface area contributed by atoms with Crippen LogP contribution in [0, 0.1) is 0 Å². The van der Waals surface area contributed by atoms with Crippen molar-refractivity contribution in [2.45, 2.75) is 18.2 Å². The van der Waals surface area contributed by atoms with Gasteiger partial charge in [-0.3, -0.25) is 4.99 Å². The van der Waals surface area contributed by atoms with Crippen LogP contribution in [0.5, 0.6) is 0 Å². The zero-order valence-corrected chi connectivity index (χ0v) is 15.3. The fourth-order valence-corrected chi connectivity index (χ4v) is 3.47.